The third-order valence-electron chi connectivity index (χ3n) is 7.44. The minimum absolute atomic E-state index is 0.0539. The summed E-state index contributed by atoms with van der Waals surface area (Å²) in [6.07, 6.45) is 1.10. The van der Waals surface area contributed by atoms with E-state index in [0.29, 0.717) is 24.2 Å². The summed E-state index contributed by atoms with van der Waals surface area (Å²) < 4.78 is 33.6. The number of fused-ring (bicyclic) bond motifs is 2. The number of benzene rings is 1. The highest BCUT2D eigenvalue weighted by Gasteiger charge is 2.66. The van der Waals surface area contributed by atoms with Gasteiger partial charge < -0.3 is 24.7 Å². The summed E-state index contributed by atoms with van der Waals surface area (Å²) in [4.78, 5) is 42.3. The van der Waals surface area contributed by atoms with Gasteiger partial charge in [0.1, 0.15) is 16.7 Å². The molecule has 1 aliphatic carbocycles. The minimum atomic E-state index is -0.943. The first-order chi connectivity index (χ1) is 18.5. The number of halogens is 2. The van der Waals surface area contributed by atoms with E-state index in [4.69, 9.17) is 15.6 Å². The molecule has 1 saturated carbocycles. The molecular formula is C25H26F2N6O5S. The molecule has 39 heavy (non-hydrogen) atoms. The average Bonchev–Trinajstić information content (AvgIpc) is 3.62. The fourth-order valence-corrected chi connectivity index (χ4v) is 6.26. The Morgan fingerprint density at radius 1 is 1.26 bits per heavy atom. The molecule has 11 nitrogen and oxygen atoms in total. The third kappa shape index (κ3) is 4.32. The molecule has 2 aromatic rings. The van der Waals surface area contributed by atoms with Crippen molar-refractivity contribution in [2.24, 2.45) is 0 Å². The maximum absolute atomic E-state index is 14.0. The molecule has 2 aliphatic heterocycles. The number of amides is 2. The van der Waals surface area contributed by atoms with Crippen molar-refractivity contribution in [2.75, 3.05) is 38.3 Å². The predicted octanol–water partition coefficient (Wildman–Crippen LogP) is 2.12. The lowest BCUT2D eigenvalue weighted by molar-refractivity contribution is 0.0580. The molecular weight excluding hydrogens is 534 g/mol. The number of nitrogens with one attached hydrogen (secondary N) is 2. The summed E-state index contributed by atoms with van der Waals surface area (Å²) >= 11 is 0.588. The number of nitrogens with zero attached hydrogens (tertiary/aromatic N) is 4. The summed E-state index contributed by atoms with van der Waals surface area (Å²) in [7, 11) is 1.28. The van der Waals surface area contributed by atoms with E-state index in [9.17, 15) is 28.3 Å². The lowest BCUT2D eigenvalue weighted by Crippen LogP contribution is -2.51. The highest BCUT2D eigenvalue weighted by atomic mass is 32.2. The summed E-state index contributed by atoms with van der Waals surface area (Å²) in [5.74, 6) is -2.97. The van der Waals surface area contributed by atoms with Crippen LogP contribution in [0.5, 0.6) is 5.75 Å². The van der Waals surface area contributed by atoms with Gasteiger partial charge in [-0.15, -0.1) is 0 Å². The van der Waals surface area contributed by atoms with E-state index in [1.54, 1.807) is 11.8 Å². The van der Waals surface area contributed by atoms with Crippen molar-refractivity contribution in [3.8, 4) is 5.75 Å². The zero-order valence-electron chi connectivity index (χ0n) is 21.2. The summed E-state index contributed by atoms with van der Waals surface area (Å²) in [5, 5.41) is 28.9. The number of carbonyl (C=O) groups excluding carboxylic acids is 2. The standard InChI is InChI=1S/C25H26F2N6O5S/c1-3-31-23(36)19-21(35)20(34)15(22(29)39-18(28)8-13-4-5-14(26)9-16(13)27)11-33(19)32-7-6-30(24(37)38-2)12-25(31)10-17(25)32/h4-5,9,11,17,28-29,35H,3,6-8,10,12H2,1-2H3. The quantitative estimate of drug-likeness (QED) is 0.384. The van der Waals surface area contributed by atoms with Crippen LogP contribution in [0, 0.1) is 22.5 Å². The number of pyridine rings is 1. The number of hydrogen-bond donors (Lipinski definition) is 3. The Morgan fingerprint density at radius 3 is 2.67 bits per heavy atom. The molecule has 3 N–H and O–H groups in total. The fraction of sp³-hybridized carbons (Fsp3) is 0.400. The number of rotatable bonds is 4. The number of ether oxygens (including phenoxy) is 1. The number of likely N-dealkylation sites (N-methyl/N-ethyl adjacent to an activating group) is 1. The van der Waals surface area contributed by atoms with Gasteiger partial charge in [0, 0.05) is 38.3 Å². The van der Waals surface area contributed by atoms with Crippen LogP contribution in [0.4, 0.5) is 13.6 Å². The normalized spacial score (nSPS) is 21.5. The summed E-state index contributed by atoms with van der Waals surface area (Å²) in [5.41, 5.74) is -2.10. The van der Waals surface area contributed by atoms with Crippen LogP contribution in [0.2, 0.25) is 0 Å². The summed E-state index contributed by atoms with van der Waals surface area (Å²) in [6, 6.07) is 2.76. The average molecular weight is 561 g/mol. The second kappa shape index (κ2) is 9.67. The number of aromatic hydroxyl groups is 1. The van der Waals surface area contributed by atoms with E-state index < -0.39 is 40.4 Å². The molecule has 2 amide bonds. The Balaban J connectivity index is 1.50. The maximum Gasteiger partial charge on any atom is 0.409 e. The van der Waals surface area contributed by atoms with E-state index in [1.165, 1.54) is 28.9 Å². The van der Waals surface area contributed by atoms with E-state index in [0.717, 1.165) is 6.07 Å². The molecule has 1 aromatic carbocycles. The van der Waals surface area contributed by atoms with E-state index >= 15 is 0 Å². The molecule has 3 heterocycles. The molecule has 206 valence electrons. The number of carbonyl (C=O) groups is 2. The van der Waals surface area contributed by atoms with Crippen LogP contribution in [-0.2, 0) is 11.2 Å². The zero-order chi connectivity index (χ0) is 28.2. The van der Waals surface area contributed by atoms with Crippen LogP contribution < -0.4 is 10.4 Å². The first-order valence-corrected chi connectivity index (χ1v) is 13.0. The number of thioether (sulfide) groups is 1. The molecule has 3 aliphatic rings. The molecule has 5 rings (SSSR count). The second-order valence-corrected chi connectivity index (χ2v) is 10.7. The first-order valence-electron chi connectivity index (χ1n) is 12.2. The maximum atomic E-state index is 14.0. The van der Waals surface area contributed by atoms with Crippen molar-refractivity contribution < 1.29 is 28.2 Å². The fourth-order valence-electron chi connectivity index (χ4n) is 5.53. The second-order valence-electron chi connectivity index (χ2n) is 9.61. The lowest BCUT2D eigenvalue weighted by atomic mass is 10.1. The largest absolute Gasteiger partial charge is 0.502 e. The van der Waals surface area contributed by atoms with E-state index in [2.05, 4.69) is 0 Å². The van der Waals surface area contributed by atoms with Crippen LogP contribution in [0.1, 0.15) is 35.0 Å². The third-order valence-corrected chi connectivity index (χ3v) is 8.26. The van der Waals surface area contributed by atoms with E-state index in [-0.39, 0.29) is 65.5 Å². The molecule has 0 radical (unpaired) electrons. The Kier molecular flexibility index (Phi) is 6.61. The van der Waals surface area contributed by atoms with Gasteiger partial charge in [0.2, 0.25) is 5.43 Å². The molecule has 2 fully saturated rings. The van der Waals surface area contributed by atoms with Crippen LogP contribution in [-0.4, -0.2) is 86.5 Å². The SMILES string of the molecule is CCN1C(=O)c2c(O)c(=O)c(C(=N)SC(=N)Cc3ccc(F)cc3F)cn2N2CCN(C(=O)OC)CC13CC23. The molecule has 2 atom stereocenters. The molecule has 1 aromatic heterocycles. The Morgan fingerprint density at radius 2 is 2.00 bits per heavy atom. The molecule has 14 heteroatoms. The van der Waals surface area contributed by atoms with Crippen LogP contribution in [0.3, 0.4) is 0 Å². The number of hydrogen-bond acceptors (Lipinski definition) is 9. The van der Waals surface area contributed by atoms with Crippen molar-refractivity contribution >= 4 is 33.8 Å². The molecule has 1 saturated heterocycles. The van der Waals surface area contributed by atoms with Crippen LogP contribution in [0.15, 0.2) is 29.2 Å². The van der Waals surface area contributed by atoms with Gasteiger partial charge in [0.25, 0.3) is 5.91 Å². The predicted molar refractivity (Wildman–Crippen MR) is 139 cm³/mol. The smallest absolute Gasteiger partial charge is 0.409 e. The van der Waals surface area contributed by atoms with Gasteiger partial charge in [-0.1, -0.05) is 17.8 Å². The van der Waals surface area contributed by atoms with Gasteiger partial charge in [-0.3, -0.25) is 25.1 Å². The summed E-state index contributed by atoms with van der Waals surface area (Å²) in [6.45, 7) is 2.81. The van der Waals surface area contributed by atoms with Gasteiger partial charge >= 0.3 is 6.09 Å². The van der Waals surface area contributed by atoms with Crippen molar-refractivity contribution in [3.63, 3.8) is 0 Å². The van der Waals surface area contributed by atoms with Gasteiger partial charge in [0.05, 0.1) is 35.8 Å². The van der Waals surface area contributed by atoms with Crippen molar-refractivity contribution in [1.82, 2.24) is 14.5 Å². The van der Waals surface area contributed by atoms with Gasteiger partial charge in [-0.2, -0.15) is 0 Å². The molecule has 2 bridgehead atoms. The molecule has 2 unspecified atom stereocenters. The van der Waals surface area contributed by atoms with Gasteiger partial charge in [-0.05, 0) is 25.0 Å². The van der Waals surface area contributed by atoms with Crippen molar-refractivity contribution in [2.45, 2.75) is 31.3 Å². The Labute approximate surface area is 225 Å². The zero-order valence-corrected chi connectivity index (χ0v) is 22.0. The first kappa shape index (κ1) is 26.7. The highest BCUT2D eigenvalue weighted by molar-refractivity contribution is 8.26. The van der Waals surface area contributed by atoms with Crippen molar-refractivity contribution in [3.05, 3.63) is 63.1 Å². The number of aromatic nitrogens is 1. The van der Waals surface area contributed by atoms with Gasteiger partial charge in [-0.25, -0.2) is 13.6 Å². The Bertz CT molecular complexity index is 1480. The molecule has 0 spiro atoms. The van der Waals surface area contributed by atoms with Crippen LogP contribution in [0.25, 0.3) is 0 Å². The Hall–Kier alpha value is -3.94. The lowest BCUT2D eigenvalue weighted by Gasteiger charge is -2.34. The topological polar surface area (TPSA) is 143 Å². The van der Waals surface area contributed by atoms with E-state index in [1.807, 2.05) is 5.01 Å². The van der Waals surface area contributed by atoms with Crippen molar-refractivity contribution in [1.29, 1.82) is 10.8 Å². The highest BCUT2D eigenvalue weighted by Crippen LogP contribution is 2.50. The van der Waals surface area contributed by atoms with Gasteiger partial charge in [0.15, 0.2) is 11.4 Å². The number of methoxy groups -OCH3 is 1. The minimum Gasteiger partial charge on any atom is -0.502 e. The monoisotopic (exact) mass is 560 g/mol. The van der Waals surface area contributed by atoms with Crippen LogP contribution >= 0.6 is 11.8 Å².